The molecule has 1 rings (SSSR count). The maximum absolute atomic E-state index is 10.9. The number of aliphatic hydroxyl groups is 1. The van der Waals surface area contributed by atoms with Gasteiger partial charge in [0.25, 0.3) is 0 Å². The van der Waals surface area contributed by atoms with Gasteiger partial charge in [0.2, 0.25) is 0 Å². The van der Waals surface area contributed by atoms with Crippen molar-refractivity contribution in [3.05, 3.63) is 12.7 Å². The fourth-order valence-electron chi connectivity index (χ4n) is 1.29. The number of hydrogen-bond acceptors (Lipinski definition) is 3. The summed E-state index contributed by atoms with van der Waals surface area (Å²) in [6.45, 7) is 3.41. The molecule has 1 saturated heterocycles. The van der Waals surface area contributed by atoms with E-state index in [1.165, 1.54) is 6.08 Å². The molecule has 0 aromatic rings. The number of aliphatic hydroxyl groups excluding tert-OH is 1. The predicted molar refractivity (Wildman–Crippen MR) is 43.0 cm³/mol. The van der Waals surface area contributed by atoms with E-state index in [2.05, 4.69) is 6.58 Å². The van der Waals surface area contributed by atoms with Crippen molar-refractivity contribution in [2.75, 3.05) is 11.5 Å². The summed E-state index contributed by atoms with van der Waals surface area (Å²) in [5.41, 5.74) is 0. The lowest BCUT2D eigenvalue weighted by molar-refractivity contribution is 0.166. The molecule has 1 aliphatic rings. The minimum Gasteiger partial charge on any atom is -0.389 e. The first-order valence-corrected chi connectivity index (χ1v) is 5.38. The van der Waals surface area contributed by atoms with Gasteiger partial charge in [0, 0.05) is 5.92 Å². The Kier molecular flexibility index (Phi) is 2.34. The average Bonchev–Trinajstić information content (AvgIpc) is 2.29. The molecule has 64 valence electrons. The molecule has 0 amide bonds. The molecule has 0 bridgehead atoms. The topological polar surface area (TPSA) is 54.4 Å². The molecule has 4 heteroatoms. The van der Waals surface area contributed by atoms with Crippen LogP contribution in [0.3, 0.4) is 0 Å². The van der Waals surface area contributed by atoms with Gasteiger partial charge in [-0.25, -0.2) is 8.42 Å². The van der Waals surface area contributed by atoms with E-state index >= 15 is 0 Å². The second-order valence-electron chi connectivity index (χ2n) is 2.89. The summed E-state index contributed by atoms with van der Waals surface area (Å²) in [5.74, 6) is 0.195. The SMILES string of the molecule is C=CC(O)C1CCS(=O)(=O)C1. The van der Waals surface area contributed by atoms with Crippen molar-refractivity contribution < 1.29 is 13.5 Å². The lowest BCUT2D eigenvalue weighted by Gasteiger charge is -2.10. The summed E-state index contributed by atoms with van der Waals surface area (Å²) in [7, 11) is -2.86. The van der Waals surface area contributed by atoms with Crippen LogP contribution in [0.25, 0.3) is 0 Å². The molecule has 11 heavy (non-hydrogen) atoms. The highest BCUT2D eigenvalue weighted by Gasteiger charge is 2.31. The Morgan fingerprint density at radius 1 is 1.64 bits per heavy atom. The number of sulfone groups is 1. The molecular formula is C7H12O3S. The molecule has 1 heterocycles. The highest BCUT2D eigenvalue weighted by molar-refractivity contribution is 7.91. The second kappa shape index (κ2) is 2.95. The second-order valence-corrected chi connectivity index (χ2v) is 5.12. The van der Waals surface area contributed by atoms with E-state index in [0.717, 1.165) is 0 Å². The fraction of sp³-hybridized carbons (Fsp3) is 0.714. The van der Waals surface area contributed by atoms with Gasteiger partial charge in [-0.1, -0.05) is 6.08 Å². The Morgan fingerprint density at radius 2 is 2.27 bits per heavy atom. The van der Waals surface area contributed by atoms with Gasteiger partial charge in [-0.2, -0.15) is 0 Å². The summed E-state index contributed by atoms with van der Waals surface area (Å²) in [5, 5.41) is 9.21. The molecule has 1 aliphatic heterocycles. The zero-order valence-corrected chi connectivity index (χ0v) is 7.05. The van der Waals surface area contributed by atoms with Gasteiger partial charge in [-0.3, -0.25) is 0 Å². The molecule has 2 atom stereocenters. The van der Waals surface area contributed by atoms with Gasteiger partial charge in [-0.05, 0) is 6.42 Å². The molecule has 3 nitrogen and oxygen atoms in total. The molecule has 0 aromatic carbocycles. The van der Waals surface area contributed by atoms with E-state index in [1.807, 2.05) is 0 Å². The molecule has 0 saturated carbocycles. The third-order valence-electron chi connectivity index (χ3n) is 1.99. The van der Waals surface area contributed by atoms with Crippen LogP contribution in [-0.2, 0) is 9.84 Å². The summed E-state index contributed by atoms with van der Waals surface area (Å²) in [4.78, 5) is 0. The van der Waals surface area contributed by atoms with E-state index in [0.29, 0.717) is 6.42 Å². The Hall–Kier alpha value is -0.350. The third-order valence-corrected chi connectivity index (χ3v) is 3.79. The summed E-state index contributed by atoms with van der Waals surface area (Å²) >= 11 is 0. The molecule has 0 aromatic heterocycles. The van der Waals surface area contributed by atoms with Crippen LogP contribution in [0.5, 0.6) is 0 Å². The molecule has 0 radical (unpaired) electrons. The van der Waals surface area contributed by atoms with Gasteiger partial charge in [0.05, 0.1) is 17.6 Å². The van der Waals surface area contributed by atoms with Crippen LogP contribution in [-0.4, -0.2) is 31.1 Å². The van der Waals surface area contributed by atoms with Crippen LogP contribution in [0.1, 0.15) is 6.42 Å². The quantitative estimate of drug-likeness (QED) is 0.601. The Labute approximate surface area is 66.7 Å². The van der Waals surface area contributed by atoms with E-state index in [-0.39, 0.29) is 17.4 Å². The Bertz CT molecular complexity index is 242. The third kappa shape index (κ3) is 2.04. The Balaban J connectivity index is 2.61. The van der Waals surface area contributed by atoms with Gasteiger partial charge in [0.1, 0.15) is 0 Å². The minimum atomic E-state index is -2.86. The van der Waals surface area contributed by atoms with Crippen LogP contribution < -0.4 is 0 Å². The number of hydrogen-bond donors (Lipinski definition) is 1. The van der Waals surface area contributed by atoms with Crippen molar-refractivity contribution in [2.45, 2.75) is 12.5 Å². The van der Waals surface area contributed by atoms with Crippen molar-refractivity contribution in [1.82, 2.24) is 0 Å². The van der Waals surface area contributed by atoms with Crippen molar-refractivity contribution in [2.24, 2.45) is 5.92 Å². The van der Waals surface area contributed by atoms with Crippen LogP contribution in [0.4, 0.5) is 0 Å². The zero-order chi connectivity index (χ0) is 8.48. The zero-order valence-electron chi connectivity index (χ0n) is 6.23. The summed E-state index contributed by atoms with van der Waals surface area (Å²) in [6.07, 6.45) is 1.30. The standard InChI is InChI=1S/C7H12O3S/c1-2-7(8)6-3-4-11(9,10)5-6/h2,6-8H,1,3-5H2. The van der Waals surface area contributed by atoms with Crippen molar-refractivity contribution in [1.29, 1.82) is 0 Å². The van der Waals surface area contributed by atoms with Crippen LogP contribution in [0.15, 0.2) is 12.7 Å². The lowest BCUT2D eigenvalue weighted by atomic mass is 10.0. The van der Waals surface area contributed by atoms with E-state index in [4.69, 9.17) is 0 Å². The maximum Gasteiger partial charge on any atom is 0.150 e. The predicted octanol–water partition coefficient (Wildman–Crippen LogP) is -0.0320. The molecule has 0 spiro atoms. The highest BCUT2D eigenvalue weighted by atomic mass is 32.2. The van der Waals surface area contributed by atoms with E-state index in [9.17, 15) is 13.5 Å². The molecule has 1 fully saturated rings. The molecule has 1 N–H and O–H groups in total. The highest BCUT2D eigenvalue weighted by Crippen LogP contribution is 2.21. The van der Waals surface area contributed by atoms with Crippen molar-refractivity contribution in [3.63, 3.8) is 0 Å². The van der Waals surface area contributed by atoms with Crippen LogP contribution in [0.2, 0.25) is 0 Å². The molecule has 0 aliphatic carbocycles. The van der Waals surface area contributed by atoms with Gasteiger partial charge < -0.3 is 5.11 Å². The fourth-order valence-corrected chi connectivity index (χ4v) is 3.13. The van der Waals surface area contributed by atoms with Gasteiger partial charge in [0.15, 0.2) is 9.84 Å². The van der Waals surface area contributed by atoms with Crippen LogP contribution in [0, 0.1) is 5.92 Å². The summed E-state index contributed by atoms with van der Waals surface area (Å²) in [6, 6.07) is 0. The number of rotatable bonds is 2. The average molecular weight is 176 g/mol. The van der Waals surface area contributed by atoms with Crippen LogP contribution >= 0.6 is 0 Å². The minimum absolute atomic E-state index is 0.111. The smallest absolute Gasteiger partial charge is 0.150 e. The van der Waals surface area contributed by atoms with E-state index in [1.54, 1.807) is 0 Å². The first kappa shape index (κ1) is 8.74. The normalized spacial score (nSPS) is 31.5. The van der Waals surface area contributed by atoms with Gasteiger partial charge in [-0.15, -0.1) is 6.58 Å². The first-order valence-electron chi connectivity index (χ1n) is 3.56. The van der Waals surface area contributed by atoms with E-state index < -0.39 is 15.9 Å². The monoisotopic (exact) mass is 176 g/mol. The molecule has 2 unspecified atom stereocenters. The largest absolute Gasteiger partial charge is 0.389 e. The van der Waals surface area contributed by atoms with Crippen molar-refractivity contribution in [3.8, 4) is 0 Å². The first-order chi connectivity index (χ1) is 5.05. The van der Waals surface area contributed by atoms with Crippen molar-refractivity contribution >= 4 is 9.84 Å². The lowest BCUT2D eigenvalue weighted by Crippen LogP contribution is -2.18. The van der Waals surface area contributed by atoms with Gasteiger partial charge >= 0.3 is 0 Å². The molecular weight excluding hydrogens is 164 g/mol. The maximum atomic E-state index is 10.9. The Morgan fingerprint density at radius 3 is 2.64 bits per heavy atom. The summed E-state index contributed by atoms with van der Waals surface area (Å²) < 4.78 is 21.8.